The molecule has 0 unspecified atom stereocenters. The van der Waals surface area contributed by atoms with Gasteiger partial charge in [-0.1, -0.05) is 12.1 Å². The molecule has 0 aliphatic carbocycles. The Bertz CT molecular complexity index is 972. The van der Waals surface area contributed by atoms with Crippen LogP contribution in [0.3, 0.4) is 0 Å². The maximum atomic E-state index is 13.5. The predicted molar refractivity (Wildman–Crippen MR) is 102 cm³/mol. The molecule has 2 aromatic carbocycles. The van der Waals surface area contributed by atoms with Gasteiger partial charge in [-0.15, -0.1) is 11.3 Å². The summed E-state index contributed by atoms with van der Waals surface area (Å²) >= 11 is 1.47. The van der Waals surface area contributed by atoms with Gasteiger partial charge in [0.05, 0.1) is 0 Å². The molecule has 3 amide bonds. The van der Waals surface area contributed by atoms with Crippen molar-refractivity contribution in [1.82, 2.24) is 10.6 Å². The minimum atomic E-state index is -0.867. The van der Waals surface area contributed by atoms with E-state index in [-0.39, 0.29) is 24.5 Å². The van der Waals surface area contributed by atoms with E-state index in [0.717, 1.165) is 21.2 Å². The molecule has 3 aromatic rings. The summed E-state index contributed by atoms with van der Waals surface area (Å²) in [6.07, 6.45) is 0.216. The standard InChI is InChI=1S/C19H18FN3O3S/c20-13-3-6-17-15(8-13)12(10-27-17)9-22-18(25)16(23-19(21)26)7-11-1-4-14(24)5-2-11/h1-6,8,10,16,24H,7,9H2,(H,22,25)(H3,21,23,26)/t16-/m0/s1. The fourth-order valence-electron chi connectivity index (χ4n) is 2.75. The molecule has 0 radical (unpaired) electrons. The Morgan fingerprint density at radius 2 is 1.93 bits per heavy atom. The van der Waals surface area contributed by atoms with Gasteiger partial charge in [-0.3, -0.25) is 4.79 Å². The summed E-state index contributed by atoms with van der Waals surface area (Å²) in [4.78, 5) is 23.8. The first-order valence-electron chi connectivity index (χ1n) is 8.19. The first-order chi connectivity index (χ1) is 12.9. The monoisotopic (exact) mass is 387 g/mol. The zero-order valence-electron chi connectivity index (χ0n) is 14.2. The molecule has 1 atom stereocenters. The lowest BCUT2D eigenvalue weighted by Gasteiger charge is -2.17. The van der Waals surface area contributed by atoms with Gasteiger partial charge >= 0.3 is 6.03 Å². The second kappa shape index (κ2) is 8.05. The lowest BCUT2D eigenvalue weighted by atomic mass is 10.0. The third-order valence-corrected chi connectivity index (χ3v) is 5.09. The minimum absolute atomic E-state index is 0.110. The number of urea groups is 1. The first kappa shape index (κ1) is 18.7. The van der Waals surface area contributed by atoms with E-state index < -0.39 is 18.0 Å². The second-order valence-electron chi connectivity index (χ2n) is 6.05. The fourth-order valence-corrected chi connectivity index (χ4v) is 3.69. The van der Waals surface area contributed by atoms with Crippen LogP contribution >= 0.6 is 11.3 Å². The highest BCUT2D eigenvalue weighted by Crippen LogP contribution is 2.26. The maximum absolute atomic E-state index is 13.5. The Balaban J connectivity index is 1.70. The van der Waals surface area contributed by atoms with Crippen LogP contribution in [0, 0.1) is 5.82 Å². The van der Waals surface area contributed by atoms with Crippen molar-refractivity contribution in [3.63, 3.8) is 0 Å². The summed E-state index contributed by atoms with van der Waals surface area (Å²) in [6, 6.07) is 9.17. The van der Waals surface area contributed by atoms with Crippen LogP contribution in [0.15, 0.2) is 47.8 Å². The number of halogens is 1. The number of benzene rings is 2. The first-order valence-corrected chi connectivity index (χ1v) is 9.07. The smallest absolute Gasteiger partial charge is 0.312 e. The second-order valence-corrected chi connectivity index (χ2v) is 6.96. The number of nitrogens with one attached hydrogen (secondary N) is 2. The van der Waals surface area contributed by atoms with Crippen LogP contribution in [0.2, 0.25) is 0 Å². The molecular weight excluding hydrogens is 369 g/mol. The number of primary amides is 1. The van der Waals surface area contributed by atoms with Gasteiger partial charge in [-0.2, -0.15) is 0 Å². The molecule has 6 nitrogen and oxygen atoms in total. The highest BCUT2D eigenvalue weighted by molar-refractivity contribution is 7.17. The number of amides is 3. The molecule has 0 saturated heterocycles. The largest absolute Gasteiger partial charge is 0.508 e. The molecule has 0 aliphatic rings. The van der Waals surface area contributed by atoms with Gasteiger partial charge in [-0.25, -0.2) is 9.18 Å². The van der Waals surface area contributed by atoms with E-state index >= 15 is 0 Å². The molecule has 1 aromatic heterocycles. The molecule has 5 N–H and O–H groups in total. The average Bonchev–Trinajstić information content (AvgIpc) is 3.02. The number of hydrogen-bond donors (Lipinski definition) is 4. The molecule has 0 saturated carbocycles. The lowest BCUT2D eigenvalue weighted by Crippen LogP contribution is -2.49. The van der Waals surface area contributed by atoms with Crippen LogP contribution in [-0.4, -0.2) is 23.1 Å². The van der Waals surface area contributed by atoms with Crippen molar-refractivity contribution in [2.75, 3.05) is 0 Å². The molecule has 3 rings (SSSR count). The molecule has 0 aliphatic heterocycles. The lowest BCUT2D eigenvalue weighted by molar-refractivity contribution is -0.123. The third-order valence-electron chi connectivity index (χ3n) is 4.08. The Labute approximate surface area is 158 Å². The van der Waals surface area contributed by atoms with Gasteiger partial charge in [0.2, 0.25) is 5.91 Å². The number of thiophene rings is 1. The molecular formula is C19H18FN3O3S. The number of aromatic hydroxyl groups is 1. The number of fused-ring (bicyclic) bond motifs is 1. The van der Waals surface area contributed by atoms with E-state index in [4.69, 9.17) is 5.73 Å². The third kappa shape index (κ3) is 4.73. The highest BCUT2D eigenvalue weighted by atomic mass is 32.1. The topological polar surface area (TPSA) is 104 Å². The van der Waals surface area contributed by atoms with Crippen LogP contribution < -0.4 is 16.4 Å². The molecule has 0 bridgehead atoms. The van der Waals surface area contributed by atoms with Crippen molar-refractivity contribution in [3.8, 4) is 5.75 Å². The van der Waals surface area contributed by atoms with Crippen LogP contribution in [0.4, 0.5) is 9.18 Å². The SMILES string of the molecule is NC(=O)N[C@@H](Cc1ccc(O)cc1)C(=O)NCc1csc2ccc(F)cc12. The average molecular weight is 387 g/mol. The summed E-state index contributed by atoms with van der Waals surface area (Å²) in [7, 11) is 0. The van der Waals surface area contributed by atoms with Gasteiger partial charge < -0.3 is 21.5 Å². The molecule has 1 heterocycles. The number of nitrogens with two attached hydrogens (primary N) is 1. The van der Waals surface area contributed by atoms with E-state index in [9.17, 15) is 19.1 Å². The van der Waals surface area contributed by atoms with Crippen LogP contribution in [0.5, 0.6) is 5.75 Å². The van der Waals surface area contributed by atoms with Gasteiger partial charge in [0, 0.05) is 23.1 Å². The van der Waals surface area contributed by atoms with Crippen LogP contribution in [0.1, 0.15) is 11.1 Å². The van der Waals surface area contributed by atoms with E-state index in [1.54, 1.807) is 18.2 Å². The van der Waals surface area contributed by atoms with Crippen molar-refractivity contribution in [2.45, 2.75) is 19.0 Å². The van der Waals surface area contributed by atoms with Crippen molar-refractivity contribution in [2.24, 2.45) is 5.73 Å². The van der Waals surface area contributed by atoms with Crippen molar-refractivity contribution < 1.29 is 19.1 Å². The van der Waals surface area contributed by atoms with Gasteiger partial charge in [0.25, 0.3) is 0 Å². The molecule has 0 fully saturated rings. The van der Waals surface area contributed by atoms with E-state index in [0.29, 0.717) is 0 Å². The van der Waals surface area contributed by atoms with Gasteiger partial charge in [-0.05, 0) is 46.8 Å². The number of carbonyl (C=O) groups is 2. The summed E-state index contributed by atoms with van der Waals surface area (Å²) in [5, 5.41) is 17.1. The minimum Gasteiger partial charge on any atom is -0.508 e. The van der Waals surface area contributed by atoms with Crippen molar-refractivity contribution >= 4 is 33.4 Å². The number of phenols is 1. The van der Waals surface area contributed by atoms with Crippen LogP contribution in [-0.2, 0) is 17.8 Å². The number of carbonyl (C=O) groups excluding carboxylic acids is 2. The van der Waals surface area contributed by atoms with Gasteiger partial charge in [0.1, 0.15) is 17.6 Å². The fraction of sp³-hybridized carbons (Fsp3) is 0.158. The Morgan fingerprint density at radius 3 is 2.63 bits per heavy atom. The number of rotatable bonds is 6. The van der Waals surface area contributed by atoms with E-state index in [1.807, 2.05) is 5.38 Å². The van der Waals surface area contributed by atoms with E-state index in [2.05, 4.69) is 10.6 Å². The molecule has 0 spiro atoms. The summed E-state index contributed by atoms with van der Waals surface area (Å²) in [5.74, 6) is -0.633. The maximum Gasteiger partial charge on any atom is 0.312 e. The zero-order chi connectivity index (χ0) is 19.4. The zero-order valence-corrected chi connectivity index (χ0v) is 15.1. The summed E-state index contributed by atoms with van der Waals surface area (Å²) < 4.78 is 14.4. The van der Waals surface area contributed by atoms with Gasteiger partial charge in [0.15, 0.2) is 0 Å². The quantitative estimate of drug-likeness (QED) is 0.523. The van der Waals surface area contributed by atoms with Crippen LogP contribution in [0.25, 0.3) is 10.1 Å². The summed E-state index contributed by atoms with van der Waals surface area (Å²) in [6.45, 7) is 0.203. The Morgan fingerprint density at radius 1 is 1.19 bits per heavy atom. The highest BCUT2D eigenvalue weighted by Gasteiger charge is 2.20. The molecule has 8 heteroatoms. The number of phenolic OH excluding ortho intramolecular Hbond substituents is 1. The predicted octanol–water partition coefficient (Wildman–Crippen LogP) is 2.64. The normalized spacial score (nSPS) is 11.9. The van der Waals surface area contributed by atoms with Crippen molar-refractivity contribution in [3.05, 3.63) is 64.8 Å². The van der Waals surface area contributed by atoms with E-state index in [1.165, 1.54) is 35.6 Å². The summed E-state index contributed by atoms with van der Waals surface area (Å²) in [5.41, 5.74) is 6.73. The number of hydrogen-bond acceptors (Lipinski definition) is 4. The Hall–Kier alpha value is -3.13. The molecule has 140 valence electrons. The Kier molecular flexibility index (Phi) is 5.56. The van der Waals surface area contributed by atoms with Crippen molar-refractivity contribution in [1.29, 1.82) is 0 Å². The molecule has 27 heavy (non-hydrogen) atoms.